The van der Waals surface area contributed by atoms with Gasteiger partial charge in [0, 0.05) is 12.6 Å². The van der Waals surface area contributed by atoms with Gasteiger partial charge in [-0.25, -0.2) is 0 Å². The SMILES string of the molecule is CCNCc1ccc(OCc2nc(C)no2)c([N+](=O)[O-])c1. The molecule has 1 aromatic heterocycles. The van der Waals surface area contributed by atoms with Gasteiger partial charge in [0.1, 0.15) is 0 Å². The van der Waals surface area contributed by atoms with E-state index in [-0.39, 0.29) is 23.9 Å². The summed E-state index contributed by atoms with van der Waals surface area (Å²) in [4.78, 5) is 14.6. The van der Waals surface area contributed by atoms with Gasteiger partial charge in [-0.05, 0) is 25.1 Å². The van der Waals surface area contributed by atoms with Crippen LogP contribution in [0.5, 0.6) is 5.75 Å². The Kier molecular flexibility index (Phi) is 4.83. The first kappa shape index (κ1) is 14.9. The van der Waals surface area contributed by atoms with E-state index in [9.17, 15) is 10.1 Å². The van der Waals surface area contributed by atoms with Crippen LogP contribution in [0.3, 0.4) is 0 Å². The summed E-state index contributed by atoms with van der Waals surface area (Å²) >= 11 is 0. The van der Waals surface area contributed by atoms with E-state index in [1.54, 1.807) is 19.1 Å². The van der Waals surface area contributed by atoms with Crippen LogP contribution in [-0.2, 0) is 13.2 Å². The Morgan fingerprint density at radius 3 is 2.90 bits per heavy atom. The molecule has 0 unspecified atom stereocenters. The maximum absolute atomic E-state index is 11.1. The van der Waals surface area contributed by atoms with Crippen LogP contribution in [-0.4, -0.2) is 21.6 Å². The number of nitro groups is 1. The number of nitro benzene ring substituents is 1. The highest BCUT2D eigenvalue weighted by Gasteiger charge is 2.17. The van der Waals surface area contributed by atoms with Crippen molar-refractivity contribution in [3.05, 3.63) is 45.6 Å². The first-order valence-electron chi connectivity index (χ1n) is 6.50. The molecule has 0 amide bonds. The van der Waals surface area contributed by atoms with Crippen molar-refractivity contribution in [2.75, 3.05) is 6.54 Å². The summed E-state index contributed by atoms with van der Waals surface area (Å²) in [7, 11) is 0. The first-order chi connectivity index (χ1) is 10.1. The van der Waals surface area contributed by atoms with E-state index in [0.29, 0.717) is 12.4 Å². The van der Waals surface area contributed by atoms with Crippen molar-refractivity contribution in [1.82, 2.24) is 15.5 Å². The molecule has 0 spiro atoms. The second kappa shape index (κ2) is 6.80. The van der Waals surface area contributed by atoms with Gasteiger partial charge in [-0.1, -0.05) is 18.1 Å². The summed E-state index contributed by atoms with van der Waals surface area (Å²) < 4.78 is 10.3. The minimum atomic E-state index is -0.468. The summed E-state index contributed by atoms with van der Waals surface area (Å²) in [5.41, 5.74) is 0.742. The number of hydrogen-bond acceptors (Lipinski definition) is 7. The molecule has 21 heavy (non-hydrogen) atoms. The van der Waals surface area contributed by atoms with E-state index >= 15 is 0 Å². The number of ether oxygens (including phenoxy) is 1. The molecule has 0 saturated heterocycles. The van der Waals surface area contributed by atoms with E-state index in [1.807, 2.05) is 6.92 Å². The molecule has 0 radical (unpaired) electrons. The number of aryl methyl sites for hydroxylation is 1. The lowest BCUT2D eigenvalue weighted by atomic mass is 10.2. The molecule has 8 nitrogen and oxygen atoms in total. The minimum absolute atomic E-state index is 0.00572. The van der Waals surface area contributed by atoms with Crippen LogP contribution in [0.15, 0.2) is 22.7 Å². The molecular weight excluding hydrogens is 276 g/mol. The van der Waals surface area contributed by atoms with Crippen molar-refractivity contribution in [3.63, 3.8) is 0 Å². The lowest BCUT2D eigenvalue weighted by Gasteiger charge is -2.07. The Labute approximate surface area is 121 Å². The molecule has 0 aliphatic carbocycles. The van der Waals surface area contributed by atoms with Crippen LogP contribution in [0.1, 0.15) is 24.2 Å². The largest absolute Gasteiger partial charge is 0.477 e. The van der Waals surface area contributed by atoms with Crippen LogP contribution in [0.4, 0.5) is 5.69 Å². The number of aromatic nitrogens is 2. The third-order valence-electron chi connectivity index (χ3n) is 2.72. The zero-order chi connectivity index (χ0) is 15.2. The molecular formula is C13H16N4O4. The zero-order valence-corrected chi connectivity index (χ0v) is 11.8. The van der Waals surface area contributed by atoms with Gasteiger partial charge in [0.2, 0.25) is 0 Å². The predicted octanol–water partition coefficient (Wildman–Crippen LogP) is 1.97. The molecule has 0 aliphatic heterocycles. The van der Waals surface area contributed by atoms with Gasteiger partial charge in [-0.2, -0.15) is 4.98 Å². The second-order valence-electron chi connectivity index (χ2n) is 4.36. The van der Waals surface area contributed by atoms with Crippen molar-refractivity contribution in [2.24, 2.45) is 0 Å². The van der Waals surface area contributed by atoms with Gasteiger partial charge in [0.15, 0.2) is 18.2 Å². The minimum Gasteiger partial charge on any atom is -0.477 e. The summed E-state index contributed by atoms with van der Waals surface area (Å²) in [5, 5.41) is 17.9. The summed E-state index contributed by atoms with van der Waals surface area (Å²) in [5.74, 6) is 0.943. The van der Waals surface area contributed by atoms with Gasteiger partial charge in [-0.3, -0.25) is 10.1 Å². The molecule has 112 valence electrons. The summed E-state index contributed by atoms with van der Waals surface area (Å²) in [6, 6.07) is 4.86. The molecule has 1 N–H and O–H groups in total. The third kappa shape index (κ3) is 3.99. The van der Waals surface area contributed by atoms with Crippen LogP contribution < -0.4 is 10.1 Å². The molecule has 0 atom stereocenters. The van der Waals surface area contributed by atoms with Crippen molar-refractivity contribution in [1.29, 1.82) is 0 Å². The van der Waals surface area contributed by atoms with E-state index in [1.165, 1.54) is 6.07 Å². The Morgan fingerprint density at radius 1 is 1.48 bits per heavy atom. The van der Waals surface area contributed by atoms with Crippen LogP contribution in [0.25, 0.3) is 0 Å². The number of nitrogens with zero attached hydrogens (tertiary/aromatic N) is 3. The maximum Gasteiger partial charge on any atom is 0.311 e. The normalized spacial score (nSPS) is 10.6. The Morgan fingerprint density at radius 2 is 2.29 bits per heavy atom. The Hall–Kier alpha value is -2.48. The highest BCUT2D eigenvalue weighted by atomic mass is 16.6. The molecule has 8 heteroatoms. The summed E-state index contributed by atoms with van der Waals surface area (Å²) in [6.45, 7) is 5.01. The smallest absolute Gasteiger partial charge is 0.311 e. The van der Waals surface area contributed by atoms with E-state index in [0.717, 1.165) is 12.1 Å². The van der Waals surface area contributed by atoms with Crippen LogP contribution in [0, 0.1) is 17.0 Å². The highest BCUT2D eigenvalue weighted by Crippen LogP contribution is 2.28. The molecule has 2 aromatic rings. The quantitative estimate of drug-likeness (QED) is 0.614. The molecule has 0 saturated carbocycles. The average Bonchev–Trinajstić information content (AvgIpc) is 2.88. The van der Waals surface area contributed by atoms with Crippen molar-refractivity contribution in [3.8, 4) is 5.75 Å². The van der Waals surface area contributed by atoms with Gasteiger partial charge < -0.3 is 14.6 Å². The third-order valence-corrected chi connectivity index (χ3v) is 2.72. The fourth-order valence-corrected chi connectivity index (χ4v) is 1.75. The van der Waals surface area contributed by atoms with Crippen LogP contribution >= 0.6 is 0 Å². The number of benzene rings is 1. The maximum atomic E-state index is 11.1. The molecule has 2 rings (SSSR count). The Bertz CT molecular complexity index is 626. The zero-order valence-electron chi connectivity index (χ0n) is 11.8. The standard InChI is InChI=1S/C13H16N4O4/c1-3-14-7-10-4-5-12(11(6-10)17(18)19)20-8-13-15-9(2)16-21-13/h4-6,14H,3,7-8H2,1-2H3. The van der Waals surface area contributed by atoms with Gasteiger partial charge in [0.05, 0.1) is 4.92 Å². The first-order valence-corrected chi connectivity index (χ1v) is 6.50. The lowest BCUT2D eigenvalue weighted by Crippen LogP contribution is -2.12. The number of nitrogens with one attached hydrogen (secondary N) is 1. The molecule has 1 heterocycles. The van der Waals surface area contributed by atoms with E-state index in [4.69, 9.17) is 9.26 Å². The predicted molar refractivity (Wildman–Crippen MR) is 73.8 cm³/mol. The van der Waals surface area contributed by atoms with Crippen molar-refractivity contribution in [2.45, 2.75) is 27.0 Å². The number of rotatable bonds is 7. The molecule has 0 aliphatic rings. The van der Waals surface area contributed by atoms with E-state index in [2.05, 4.69) is 15.5 Å². The number of hydrogen-bond donors (Lipinski definition) is 1. The van der Waals surface area contributed by atoms with Gasteiger partial charge in [0.25, 0.3) is 5.89 Å². The topological polar surface area (TPSA) is 103 Å². The Balaban J connectivity index is 2.12. The average molecular weight is 292 g/mol. The van der Waals surface area contributed by atoms with Gasteiger partial charge >= 0.3 is 5.69 Å². The van der Waals surface area contributed by atoms with E-state index < -0.39 is 4.92 Å². The second-order valence-corrected chi connectivity index (χ2v) is 4.36. The fourth-order valence-electron chi connectivity index (χ4n) is 1.75. The molecule has 1 aromatic carbocycles. The fraction of sp³-hybridized carbons (Fsp3) is 0.385. The van der Waals surface area contributed by atoms with Crippen molar-refractivity contribution < 1.29 is 14.2 Å². The van der Waals surface area contributed by atoms with Crippen molar-refractivity contribution >= 4 is 5.69 Å². The van der Waals surface area contributed by atoms with Crippen LogP contribution in [0.2, 0.25) is 0 Å². The molecule has 0 fully saturated rings. The molecule has 0 bridgehead atoms. The van der Waals surface area contributed by atoms with Gasteiger partial charge in [-0.15, -0.1) is 0 Å². The highest BCUT2D eigenvalue weighted by molar-refractivity contribution is 5.48. The monoisotopic (exact) mass is 292 g/mol. The lowest BCUT2D eigenvalue weighted by molar-refractivity contribution is -0.386. The summed E-state index contributed by atoms with van der Waals surface area (Å²) in [6.07, 6.45) is 0.